The Labute approximate surface area is 164 Å². The maximum absolute atomic E-state index is 12.2. The van der Waals surface area contributed by atoms with E-state index in [2.05, 4.69) is 10.1 Å². The number of methoxy groups -OCH3 is 2. The number of nitrogens with one attached hydrogen (secondary N) is 1. The van der Waals surface area contributed by atoms with E-state index in [1.54, 1.807) is 37.4 Å². The van der Waals surface area contributed by atoms with Crippen LogP contribution in [0.5, 0.6) is 5.75 Å². The Bertz CT molecular complexity index is 793. The fourth-order valence-corrected chi connectivity index (χ4v) is 2.79. The van der Waals surface area contributed by atoms with Gasteiger partial charge in [-0.3, -0.25) is 9.69 Å². The van der Waals surface area contributed by atoms with E-state index in [4.69, 9.17) is 16.3 Å². The number of amides is 1. The predicted octanol–water partition coefficient (Wildman–Crippen LogP) is 2.88. The van der Waals surface area contributed by atoms with Gasteiger partial charge in [-0.2, -0.15) is 0 Å². The summed E-state index contributed by atoms with van der Waals surface area (Å²) in [5.74, 6) is 0.247. The first-order valence-electron chi connectivity index (χ1n) is 8.38. The number of ether oxygens (including phenoxy) is 2. The molecule has 0 spiro atoms. The van der Waals surface area contributed by atoms with Crippen LogP contribution in [0.25, 0.3) is 0 Å². The molecule has 0 saturated heterocycles. The summed E-state index contributed by atoms with van der Waals surface area (Å²) in [6.07, 6.45) is 0. The van der Waals surface area contributed by atoms with Crippen LogP contribution in [0.3, 0.4) is 0 Å². The van der Waals surface area contributed by atoms with Crippen molar-refractivity contribution >= 4 is 23.5 Å². The van der Waals surface area contributed by atoms with E-state index in [-0.39, 0.29) is 18.4 Å². The largest absolute Gasteiger partial charge is 0.496 e. The Kier molecular flexibility index (Phi) is 7.64. The van der Waals surface area contributed by atoms with Crippen LogP contribution in [-0.4, -0.2) is 44.6 Å². The normalized spacial score (nSPS) is 10.6. The zero-order valence-corrected chi connectivity index (χ0v) is 16.4. The third kappa shape index (κ3) is 6.27. The number of esters is 1. The van der Waals surface area contributed by atoms with Crippen molar-refractivity contribution in [3.63, 3.8) is 0 Å². The number of carbonyl (C=O) groups is 2. The Hall–Kier alpha value is -2.57. The third-order valence-corrected chi connectivity index (χ3v) is 4.20. The molecule has 0 aromatic heterocycles. The molecule has 0 aliphatic heterocycles. The second-order valence-corrected chi connectivity index (χ2v) is 6.53. The molecule has 0 heterocycles. The van der Waals surface area contributed by atoms with Gasteiger partial charge in [0.1, 0.15) is 5.75 Å². The minimum absolute atomic E-state index is 0.101. The van der Waals surface area contributed by atoms with E-state index < -0.39 is 0 Å². The Balaban J connectivity index is 1.85. The molecule has 2 aromatic carbocycles. The highest BCUT2D eigenvalue weighted by molar-refractivity contribution is 6.30. The van der Waals surface area contributed by atoms with E-state index >= 15 is 0 Å². The van der Waals surface area contributed by atoms with Crippen LogP contribution < -0.4 is 10.1 Å². The van der Waals surface area contributed by atoms with Crippen molar-refractivity contribution in [3.8, 4) is 5.75 Å². The molecule has 144 valence electrons. The lowest BCUT2D eigenvalue weighted by molar-refractivity contribution is -0.122. The zero-order chi connectivity index (χ0) is 19.8. The van der Waals surface area contributed by atoms with E-state index in [0.29, 0.717) is 23.7 Å². The molecule has 2 aromatic rings. The molecule has 0 radical (unpaired) electrons. The minimum atomic E-state index is -0.386. The first-order chi connectivity index (χ1) is 12.9. The highest BCUT2D eigenvalue weighted by Gasteiger charge is 2.11. The molecule has 6 nitrogen and oxygen atoms in total. The smallest absolute Gasteiger partial charge is 0.337 e. The van der Waals surface area contributed by atoms with Crippen molar-refractivity contribution in [2.45, 2.75) is 13.1 Å². The van der Waals surface area contributed by atoms with Gasteiger partial charge in [0.25, 0.3) is 0 Å². The monoisotopic (exact) mass is 390 g/mol. The molecule has 0 fully saturated rings. The van der Waals surface area contributed by atoms with Crippen molar-refractivity contribution in [1.29, 1.82) is 0 Å². The third-order valence-electron chi connectivity index (χ3n) is 3.96. The number of hydrogen-bond acceptors (Lipinski definition) is 5. The number of nitrogens with zero attached hydrogens (tertiary/aromatic N) is 1. The second kappa shape index (κ2) is 9.94. The summed E-state index contributed by atoms with van der Waals surface area (Å²) >= 11 is 6.04. The fourth-order valence-electron chi connectivity index (χ4n) is 2.60. The summed E-state index contributed by atoms with van der Waals surface area (Å²) in [5, 5.41) is 3.49. The van der Waals surface area contributed by atoms with Gasteiger partial charge in [-0.15, -0.1) is 0 Å². The van der Waals surface area contributed by atoms with Gasteiger partial charge in [0.15, 0.2) is 0 Å². The molecule has 0 saturated carbocycles. The van der Waals surface area contributed by atoms with Crippen LogP contribution in [-0.2, 0) is 22.6 Å². The lowest BCUT2D eigenvalue weighted by Crippen LogP contribution is -2.34. The van der Waals surface area contributed by atoms with Crippen LogP contribution in [0.1, 0.15) is 21.5 Å². The van der Waals surface area contributed by atoms with Gasteiger partial charge in [-0.1, -0.05) is 23.7 Å². The van der Waals surface area contributed by atoms with E-state index in [9.17, 15) is 9.59 Å². The van der Waals surface area contributed by atoms with E-state index in [1.807, 2.05) is 24.1 Å². The fraction of sp³-hybridized carbons (Fsp3) is 0.300. The van der Waals surface area contributed by atoms with Crippen LogP contribution in [0, 0.1) is 0 Å². The molecule has 0 unspecified atom stereocenters. The number of carbonyl (C=O) groups excluding carboxylic acids is 2. The minimum Gasteiger partial charge on any atom is -0.496 e. The summed E-state index contributed by atoms with van der Waals surface area (Å²) in [6.45, 7) is 1.15. The van der Waals surface area contributed by atoms with Gasteiger partial charge in [-0.05, 0) is 42.9 Å². The molecule has 0 aliphatic rings. The maximum atomic E-state index is 12.2. The SMILES string of the molecule is COC(=O)c1ccc(CNC(=O)CN(C)Cc2cc(Cl)ccc2OC)cc1. The van der Waals surface area contributed by atoms with Crippen LogP contribution in [0.2, 0.25) is 5.02 Å². The topological polar surface area (TPSA) is 67.9 Å². The van der Waals surface area contributed by atoms with Crippen LogP contribution in [0.15, 0.2) is 42.5 Å². The lowest BCUT2D eigenvalue weighted by Gasteiger charge is -2.18. The van der Waals surface area contributed by atoms with Crippen molar-refractivity contribution < 1.29 is 19.1 Å². The summed E-state index contributed by atoms with van der Waals surface area (Å²) < 4.78 is 9.99. The van der Waals surface area contributed by atoms with Crippen molar-refractivity contribution in [3.05, 3.63) is 64.2 Å². The molecular formula is C20H23ClN2O4. The average molecular weight is 391 g/mol. The van der Waals surface area contributed by atoms with E-state index in [0.717, 1.165) is 16.9 Å². The van der Waals surface area contributed by atoms with Gasteiger partial charge >= 0.3 is 5.97 Å². The molecule has 0 aliphatic carbocycles. The molecule has 7 heteroatoms. The second-order valence-electron chi connectivity index (χ2n) is 6.09. The molecule has 0 bridgehead atoms. The Morgan fingerprint density at radius 1 is 1.11 bits per heavy atom. The number of benzene rings is 2. The summed E-state index contributed by atoms with van der Waals surface area (Å²) in [7, 11) is 4.79. The van der Waals surface area contributed by atoms with Crippen molar-refractivity contribution in [2.75, 3.05) is 27.8 Å². The quantitative estimate of drug-likeness (QED) is 0.702. The number of halogens is 1. The highest BCUT2D eigenvalue weighted by Crippen LogP contribution is 2.23. The standard InChI is InChI=1S/C20H23ClN2O4/c1-23(12-16-10-17(21)8-9-18(16)26-2)13-19(24)22-11-14-4-6-15(7-5-14)20(25)27-3/h4-10H,11-13H2,1-3H3,(H,22,24). The molecule has 1 N–H and O–H groups in total. The first-order valence-corrected chi connectivity index (χ1v) is 8.75. The number of likely N-dealkylation sites (N-methyl/N-ethyl adjacent to an activating group) is 1. The average Bonchev–Trinajstić information content (AvgIpc) is 2.66. The van der Waals surface area contributed by atoms with Gasteiger partial charge in [0.2, 0.25) is 5.91 Å². The Morgan fingerprint density at radius 2 is 1.81 bits per heavy atom. The highest BCUT2D eigenvalue weighted by atomic mass is 35.5. The zero-order valence-electron chi connectivity index (χ0n) is 15.6. The van der Waals surface area contributed by atoms with Gasteiger partial charge in [0, 0.05) is 23.7 Å². The molecular weight excluding hydrogens is 368 g/mol. The van der Waals surface area contributed by atoms with Crippen LogP contribution >= 0.6 is 11.6 Å². The summed E-state index contributed by atoms with van der Waals surface area (Å²) in [6, 6.07) is 12.3. The Morgan fingerprint density at radius 3 is 2.44 bits per heavy atom. The molecule has 27 heavy (non-hydrogen) atoms. The number of rotatable bonds is 8. The first kappa shape index (κ1) is 20.7. The lowest BCUT2D eigenvalue weighted by atomic mass is 10.1. The maximum Gasteiger partial charge on any atom is 0.337 e. The predicted molar refractivity (Wildman–Crippen MR) is 104 cm³/mol. The summed E-state index contributed by atoms with van der Waals surface area (Å²) in [5.41, 5.74) is 2.29. The van der Waals surface area contributed by atoms with Gasteiger partial charge < -0.3 is 14.8 Å². The van der Waals surface area contributed by atoms with Gasteiger partial charge in [-0.25, -0.2) is 4.79 Å². The van der Waals surface area contributed by atoms with Crippen LogP contribution in [0.4, 0.5) is 0 Å². The molecule has 2 rings (SSSR count). The number of hydrogen-bond donors (Lipinski definition) is 1. The van der Waals surface area contributed by atoms with Crippen molar-refractivity contribution in [1.82, 2.24) is 10.2 Å². The van der Waals surface area contributed by atoms with Gasteiger partial charge in [0.05, 0.1) is 26.3 Å². The van der Waals surface area contributed by atoms with Crippen molar-refractivity contribution in [2.24, 2.45) is 0 Å². The molecule has 1 amide bonds. The summed E-state index contributed by atoms with van der Waals surface area (Å²) in [4.78, 5) is 25.5. The molecule has 0 atom stereocenters. The van der Waals surface area contributed by atoms with E-state index in [1.165, 1.54) is 7.11 Å².